The average Bonchev–Trinajstić information content (AvgIpc) is 2.78. The van der Waals surface area contributed by atoms with Gasteiger partial charge >= 0.3 is 16.1 Å². The van der Waals surface area contributed by atoms with Gasteiger partial charge in [0.1, 0.15) is 17.0 Å². The zero-order chi connectivity index (χ0) is 24.0. The predicted octanol–water partition coefficient (Wildman–Crippen LogP) is 2.32. The zero-order valence-electron chi connectivity index (χ0n) is 18.4. The van der Waals surface area contributed by atoms with Gasteiger partial charge in [0.25, 0.3) is 0 Å². The van der Waals surface area contributed by atoms with Gasteiger partial charge in [-0.15, -0.1) is 0 Å². The Morgan fingerprint density at radius 3 is 2.64 bits per heavy atom. The summed E-state index contributed by atoms with van der Waals surface area (Å²) in [6.07, 6.45) is 3.25. The van der Waals surface area contributed by atoms with Gasteiger partial charge in [-0.3, -0.25) is 0 Å². The van der Waals surface area contributed by atoms with Gasteiger partial charge in [-0.1, -0.05) is 12.1 Å². The van der Waals surface area contributed by atoms with Crippen molar-refractivity contribution in [2.24, 2.45) is 10.9 Å². The normalized spacial score (nSPS) is 14.9. The van der Waals surface area contributed by atoms with Crippen molar-refractivity contribution in [2.75, 3.05) is 26.8 Å². The number of ether oxygens (including phenoxy) is 2. The molecule has 1 saturated heterocycles. The number of aliphatic carboxylic acids is 1. The maximum Gasteiger partial charge on any atom is 0.341 e. The van der Waals surface area contributed by atoms with Crippen molar-refractivity contribution in [1.82, 2.24) is 4.90 Å². The molecule has 1 heterocycles. The molecule has 0 saturated carbocycles. The van der Waals surface area contributed by atoms with Crippen LogP contribution in [-0.4, -0.2) is 57.5 Å². The van der Waals surface area contributed by atoms with E-state index < -0.39 is 22.7 Å². The molecule has 1 fully saturated rings. The fraction of sp³-hybridized carbons (Fsp3) is 0.364. The first-order valence-electron chi connectivity index (χ1n) is 10.3. The third kappa shape index (κ3) is 6.07. The van der Waals surface area contributed by atoms with Crippen LogP contribution in [0.3, 0.4) is 0 Å². The third-order valence-electron chi connectivity index (χ3n) is 5.29. The van der Waals surface area contributed by atoms with Crippen molar-refractivity contribution in [2.45, 2.75) is 30.6 Å². The highest BCUT2D eigenvalue weighted by Crippen LogP contribution is 2.41. The molecular formula is C22H27N3O7S. The molecule has 0 aromatic heterocycles. The highest BCUT2D eigenvalue weighted by atomic mass is 32.2. The number of likely N-dealkylation sites (tertiary alicyclic amines) is 1. The Hall–Kier alpha value is -3.47. The largest absolute Gasteiger partial charge is 0.492 e. The van der Waals surface area contributed by atoms with E-state index in [1.165, 1.54) is 31.4 Å². The number of hydrogen-bond acceptors (Lipinski definition) is 8. The first-order valence-corrected chi connectivity index (χ1v) is 11.7. The highest BCUT2D eigenvalue weighted by Gasteiger charge is 2.27. The molecule has 0 radical (unpaired) electrons. The smallest absolute Gasteiger partial charge is 0.341 e. The molecule has 3 rings (SSSR count). The summed E-state index contributed by atoms with van der Waals surface area (Å²) >= 11 is 0. The molecule has 1 aliphatic rings. The van der Waals surface area contributed by atoms with E-state index in [2.05, 4.69) is 5.10 Å². The summed E-state index contributed by atoms with van der Waals surface area (Å²) in [5, 5.41) is 12.3. The van der Waals surface area contributed by atoms with Gasteiger partial charge in [0.05, 0.1) is 7.11 Å². The van der Waals surface area contributed by atoms with Gasteiger partial charge in [0, 0.05) is 24.7 Å². The first-order chi connectivity index (χ1) is 15.7. The summed E-state index contributed by atoms with van der Waals surface area (Å²) in [5.41, 5.74) is 1.71. The Kier molecular flexibility index (Phi) is 7.64. The lowest BCUT2D eigenvalue weighted by atomic mass is 9.88. The number of hydrazone groups is 1. The number of methoxy groups -OCH3 is 1. The molecule has 10 nitrogen and oxygen atoms in total. The number of carboxylic acids is 1. The van der Waals surface area contributed by atoms with Crippen molar-refractivity contribution >= 4 is 22.4 Å². The topological polar surface area (TPSA) is 141 Å². The number of carboxylic acid groups (broad SMARTS) is 1. The van der Waals surface area contributed by atoms with Crippen LogP contribution >= 0.6 is 0 Å². The van der Waals surface area contributed by atoms with E-state index in [9.17, 15) is 13.2 Å². The molecule has 0 amide bonds. The molecule has 33 heavy (non-hydrogen) atoms. The summed E-state index contributed by atoms with van der Waals surface area (Å²) in [7, 11) is -2.76. The first kappa shape index (κ1) is 24.2. The van der Waals surface area contributed by atoms with E-state index in [0.717, 1.165) is 37.1 Å². The lowest BCUT2D eigenvalue weighted by Crippen LogP contribution is -2.32. The lowest BCUT2D eigenvalue weighted by Gasteiger charge is -2.31. The number of rotatable bonds is 9. The van der Waals surface area contributed by atoms with Gasteiger partial charge in [0.2, 0.25) is 0 Å². The van der Waals surface area contributed by atoms with Crippen LogP contribution in [0.25, 0.3) is 0 Å². The van der Waals surface area contributed by atoms with Crippen LogP contribution in [0.1, 0.15) is 29.9 Å². The molecule has 11 heteroatoms. The Labute approximate surface area is 192 Å². The molecule has 2 aromatic rings. The van der Waals surface area contributed by atoms with E-state index in [1.807, 2.05) is 17.9 Å². The monoisotopic (exact) mass is 477 g/mol. The maximum absolute atomic E-state index is 13.0. The molecule has 0 atom stereocenters. The number of carbonyl (C=O) groups is 1. The van der Waals surface area contributed by atoms with E-state index in [-0.39, 0.29) is 22.3 Å². The van der Waals surface area contributed by atoms with Crippen LogP contribution in [0.5, 0.6) is 17.2 Å². The minimum atomic E-state index is -4.23. The standard InChI is InChI=1S/C22H27N3O7S/c1-15-10-19(16-6-8-25(9-7-16)14-24-23)22(30-2)20(11-15)32-33(28,29)18-5-3-4-17(12-18)31-13-21(26)27/h3-5,10-12,14,16H,6-9,13,23H2,1-2H3,(H,26,27). The minimum Gasteiger partial charge on any atom is -0.492 e. The fourth-order valence-electron chi connectivity index (χ4n) is 3.80. The Balaban J connectivity index is 1.88. The molecule has 0 bridgehead atoms. The van der Waals surface area contributed by atoms with E-state index in [0.29, 0.717) is 5.75 Å². The number of piperidine rings is 1. The van der Waals surface area contributed by atoms with Crippen LogP contribution in [0, 0.1) is 6.92 Å². The third-order valence-corrected chi connectivity index (χ3v) is 6.52. The van der Waals surface area contributed by atoms with Crippen LogP contribution in [0.2, 0.25) is 0 Å². The fourth-order valence-corrected chi connectivity index (χ4v) is 4.76. The summed E-state index contributed by atoms with van der Waals surface area (Å²) in [5.74, 6) is 4.79. The van der Waals surface area contributed by atoms with E-state index in [1.54, 1.807) is 12.4 Å². The summed E-state index contributed by atoms with van der Waals surface area (Å²) in [6, 6.07) is 9.08. The number of hydrogen-bond donors (Lipinski definition) is 2. The molecule has 0 spiro atoms. The molecule has 0 aliphatic carbocycles. The van der Waals surface area contributed by atoms with Gasteiger partial charge in [-0.05, 0) is 49.4 Å². The molecule has 178 valence electrons. The summed E-state index contributed by atoms with van der Waals surface area (Å²) in [6.45, 7) is 2.80. The molecule has 3 N–H and O–H groups in total. The average molecular weight is 478 g/mol. The Morgan fingerprint density at radius 2 is 2.00 bits per heavy atom. The molecule has 0 unspecified atom stereocenters. The van der Waals surface area contributed by atoms with E-state index >= 15 is 0 Å². The molecule has 2 aromatic carbocycles. The van der Waals surface area contributed by atoms with Gasteiger partial charge in [-0.25, -0.2) is 4.79 Å². The van der Waals surface area contributed by atoms with Crippen molar-refractivity contribution < 1.29 is 32.0 Å². The van der Waals surface area contributed by atoms with Crippen molar-refractivity contribution in [3.63, 3.8) is 0 Å². The second kappa shape index (κ2) is 10.4. The summed E-state index contributed by atoms with van der Waals surface area (Å²) < 4.78 is 42.1. The predicted molar refractivity (Wildman–Crippen MR) is 121 cm³/mol. The minimum absolute atomic E-state index is 0.0929. The highest BCUT2D eigenvalue weighted by molar-refractivity contribution is 7.87. The van der Waals surface area contributed by atoms with Gasteiger partial charge < -0.3 is 29.5 Å². The number of aryl methyl sites for hydroxylation is 1. The van der Waals surface area contributed by atoms with E-state index in [4.69, 9.17) is 24.6 Å². The number of nitrogens with zero attached hydrogens (tertiary/aromatic N) is 2. The summed E-state index contributed by atoms with van der Waals surface area (Å²) in [4.78, 5) is 12.6. The Bertz CT molecular complexity index is 1130. The van der Waals surface area contributed by atoms with Gasteiger partial charge in [0.15, 0.2) is 18.1 Å². The van der Waals surface area contributed by atoms with Crippen LogP contribution in [0.15, 0.2) is 46.4 Å². The Morgan fingerprint density at radius 1 is 1.27 bits per heavy atom. The zero-order valence-corrected chi connectivity index (χ0v) is 19.2. The SMILES string of the molecule is COc1c(OS(=O)(=O)c2cccc(OCC(=O)O)c2)cc(C)cc1C1CCN(C=NN)CC1. The maximum atomic E-state index is 13.0. The number of benzene rings is 2. The van der Waals surface area contributed by atoms with Crippen molar-refractivity contribution in [3.8, 4) is 17.2 Å². The quantitative estimate of drug-likeness (QED) is 0.183. The van der Waals surface area contributed by atoms with Crippen molar-refractivity contribution in [1.29, 1.82) is 0 Å². The second-order valence-electron chi connectivity index (χ2n) is 7.66. The number of nitrogens with two attached hydrogens (primary N) is 1. The van der Waals surface area contributed by atoms with Crippen LogP contribution < -0.4 is 19.5 Å². The lowest BCUT2D eigenvalue weighted by molar-refractivity contribution is -0.139. The molecule has 1 aliphatic heterocycles. The second-order valence-corrected chi connectivity index (χ2v) is 9.20. The molecular weight excluding hydrogens is 450 g/mol. The van der Waals surface area contributed by atoms with Crippen LogP contribution in [-0.2, 0) is 14.9 Å². The van der Waals surface area contributed by atoms with Gasteiger partial charge in [-0.2, -0.15) is 13.5 Å². The van der Waals surface area contributed by atoms with Crippen molar-refractivity contribution in [3.05, 3.63) is 47.5 Å². The van der Waals surface area contributed by atoms with Crippen LogP contribution in [0.4, 0.5) is 0 Å².